The molecule has 2 aromatic rings. The van der Waals surface area contributed by atoms with Gasteiger partial charge in [-0.25, -0.2) is 9.97 Å². The Hall–Kier alpha value is -1.10. The first-order chi connectivity index (χ1) is 9.83. The van der Waals surface area contributed by atoms with Gasteiger partial charge in [0.25, 0.3) is 0 Å². The molecule has 0 fully saturated rings. The standard InChI is InChI=1S/C16H20ClN3S/c1-11-8-18-15(19-9-11)21-14-7-13(17)6-5-12(14)10-20-16(2,3)4/h5-9,20H,10H2,1-4H3. The summed E-state index contributed by atoms with van der Waals surface area (Å²) in [5.74, 6) is 0. The van der Waals surface area contributed by atoms with Crippen LogP contribution >= 0.6 is 23.4 Å². The number of nitrogens with one attached hydrogen (secondary N) is 1. The maximum Gasteiger partial charge on any atom is 0.192 e. The van der Waals surface area contributed by atoms with E-state index in [1.54, 1.807) is 11.8 Å². The van der Waals surface area contributed by atoms with Crippen LogP contribution in [0.1, 0.15) is 31.9 Å². The lowest BCUT2D eigenvalue weighted by Gasteiger charge is -2.21. The van der Waals surface area contributed by atoms with Crippen molar-refractivity contribution in [3.05, 3.63) is 46.7 Å². The van der Waals surface area contributed by atoms with Gasteiger partial charge in [0.05, 0.1) is 0 Å². The highest BCUT2D eigenvalue weighted by molar-refractivity contribution is 7.99. The number of rotatable bonds is 4. The molecular formula is C16H20ClN3S. The van der Waals surface area contributed by atoms with E-state index in [9.17, 15) is 0 Å². The highest BCUT2D eigenvalue weighted by atomic mass is 35.5. The highest BCUT2D eigenvalue weighted by Gasteiger charge is 2.12. The number of nitrogens with zero attached hydrogens (tertiary/aromatic N) is 2. The van der Waals surface area contributed by atoms with E-state index in [4.69, 9.17) is 11.6 Å². The van der Waals surface area contributed by atoms with Crippen LogP contribution in [0.15, 0.2) is 40.6 Å². The van der Waals surface area contributed by atoms with Crippen molar-refractivity contribution < 1.29 is 0 Å². The lowest BCUT2D eigenvalue weighted by molar-refractivity contribution is 0.422. The van der Waals surface area contributed by atoms with Gasteiger partial charge in [0.1, 0.15) is 0 Å². The van der Waals surface area contributed by atoms with E-state index in [1.807, 2.05) is 31.5 Å². The summed E-state index contributed by atoms with van der Waals surface area (Å²) in [6.07, 6.45) is 3.65. The Kier molecular flexibility index (Phi) is 5.25. The summed E-state index contributed by atoms with van der Waals surface area (Å²) in [7, 11) is 0. The average Bonchev–Trinajstić information content (AvgIpc) is 2.39. The molecule has 0 aliphatic heterocycles. The number of halogens is 1. The molecule has 1 N–H and O–H groups in total. The summed E-state index contributed by atoms with van der Waals surface area (Å²) >= 11 is 7.66. The Morgan fingerprint density at radius 3 is 2.48 bits per heavy atom. The largest absolute Gasteiger partial charge is 0.308 e. The van der Waals surface area contributed by atoms with Gasteiger partial charge >= 0.3 is 0 Å². The molecule has 0 bridgehead atoms. The molecule has 0 aliphatic rings. The van der Waals surface area contributed by atoms with Crippen LogP contribution in [-0.2, 0) is 6.54 Å². The SMILES string of the molecule is Cc1cnc(Sc2cc(Cl)ccc2CNC(C)(C)C)nc1. The molecule has 0 amide bonds. The third-order valence-corrected chi connectivity index (χ3v) is 4.03. The van der Waals surface area contributed by atoms with Gasteiger partial charge in [-0.3, -0.25) is 0 Å². The molecule has 0 radical (unpaired) electrons. The zero-order chi connectivity index (χ0) is 15.5. The minimum absolute atomic E-state index is 0.0714. The predicted octanol–water partition coefficient (Wildman–Crippen LogP) is 4.48. The van der Waals surface area contributed by atoms with Gasteiger partial charge in [-0.15, -0.1) is 0 Å². The monoisotopic (exact) mass is 321 g/mol. The van der Waals surface area contributed by atoms with E-state index in [0.29, 0.717) is 0 Å². The number of hydrogen-bond acceptors (Lipinski definition) is 4. The van der Waals surface area contributed by atoms with Crippen LogP contribution in [0.4, 0.5) is 0 Å². The van der Waals surface area contributed by atoms with E-state index >= 15 is 0 Å². The number of aryl methyl sites for hydroxylation is 1. The topological polar surface area (TPSA) is 37.8 Å². The molecule has 0 unspecified atom stereocenters. The average molecular weight is 322 g/mol. The van der Waals surface area contributed by atoms with Crippen molar-refractivity contribution in [1.29, 1.82) is 0 Å². The maximum atomic E-state index is 6.12. The molecule has 0 spiro atoms. The molecule has 1 aromatic carbocycles. The molecule has 0 saturated carbocycles. The molecule has 3 nitrogen and oxygen atoms in total. The van der Waals surface area contributed by atoms with E-state index < -0.39 is 0 Å². The summed E-state index contributed by atoms with van der Waals surface area (Å²) < 4.78 is 0. The molecule has 1 aromatic heterocycles. The number of hydrogen-bond donors (Lipinski definition) is 1. The van der Waals surface area contributed by atoms with Crippen molar-refractivity contribution in [3.8, 4) is 0 Å². The number of aromatic nitrogens is 2. The van der Waals surface area contributed by atoms with Crippen LogP contribution in [0.5, 0.6) is 0 Å². The predicted molar refractivity (Wildman–Crippen MR) is 88.9 cm³/mol. The fourth-order valence-electron chi connectivity index (χ4n) is 1.66. The summed E-state index contributed by atoms with van der Waals surface area (Å²) in [6, 6.07) is 5.94. The van der Waals surface area contributed by atoms with Crippen LogP contribution < -0.4 is 5.32 Å². The molecule has 0 saturated heterocycles. The summed E-state index contributed by atoms with van der Waals surface area (Å²) in [4.78, 5) is 9.77. The van der Waals surface area contributed by atoms with Gasteiger partial charge in [0.15, 0.2) is 5.16 Å². The van der Waals surface area contributed by atoms with Crippen molar-refractivity contribution in [3.63, 3.8) is 0 Å². The van der Waals surface area contributed by atoms with Gasteiger partial charge in [-0.2, -0.15) is 0 Å². The second-order valence-electron chi connectivity index (χ2n) is 6.00. The molecule has 1 heterocycles. The van der Waals surface area contributed by atoms with Crippen LogP contribution in [-0.4, -0.2) is 15.5 Å². The molecule has 5 heteroatoms. The van der Waals surface area contributed by atoms with E-state index in [-0.39, 0.29) is 5.54 Å². The Morgan fingerprint density at radius 1 is 1.19 bits per heavy atom. The first-order valence-corrected chi connectivity index (χ1v) is 8.03. The molecule has 2 rings (SSSR count). The van der Waals surface area contributed by atoms with Gasteiger partial charge in [-0.05, 0) is 62.7 Å². The maximum absolute atomic E-state index is 6.12. The molecule has 0 aliphatic carbocycles. The van der Waals surface area contributed by atoms with Crippen molar-refractivity contribution in [1.82, 2.24) is 15.3 Å². The van der Waals surface area contributed by atoms with Crippen LogP contribution in [0.25, 0.3) is 0 Å². The summed E-state index contributed by atoms with van der Waals surface area (Å²) in [5.41, 5.74) is 2.32. The van der Waals surface area contributed by atoms with E-state index in [2.05, 4.69) is 42.1 Å². The number of benzene rings is 1. The highest BCUT2D eigenvalue weighted by Crippen LogP contribution is 2.30. The Balaban J connectivity index is 2.20. The van der Waals surface area contributed by atoms with Gasteiger partial charge in [0, 0.05) is 34.4 Å². The second kappa shape index (κ2) is 6.77. The van der Waals surface area contributed by atoms with Gasteiger partial charge < -0.3 is 5.32 Å². The lowest BCUT2D eigenvalue weighted by Crippen LogP contribution is -2.35. The van der Waals surface area contributed by atoms with Gasteiger partial charge in [0.2, 0.25) is 0 Å². The molecular weight excluding hydrogens is 302 g/mol. The summed E-state index contributed by atoms with van der Waals surface area (Å²) in [5, 5.41) is 4.96. The van der Waals surface area contributed by atoms with E-state index in [1.165, 1.54) is 5.56 Å². The third kappa shape index (κ3) is 5.30. The van der Waals surface area contributed by atoms with Crippen molar-refractivity contribution in [2.75, 3.05) is 0 Å². The molecule has 0 atom stereocenters. The Labute approximate surface area is 135 Å². The van der Waals surface area contributed by atoms with Gasteiger partial charge in [-0.1, -0.05) is 17.7 Å². The van der Waals surface area contributed by atoms with E-state index in [0.717, 1.165) is 27.2 Å². The first-order valence-electron chi connectivity index (χ1n) is 6.83. The van der Waals surface area contributed by atoms with Crippen LogP contribution in [0.3, 0.4) is 0 Å². The summed E-state index contributed by atoms with van der Waals surface area (Å²) in [6.45, 7) is 9.22. The normalized spacial score (nSPS) is 11.7. The smallest absolute Gasteiger partial charge is 0.192 e. The van der Waals surface area contributed by atoms with Crippen LogP contribution in [0.2, 0.25) is 5.02 Å². The van der Waals surface area contributed by atoms with Crippen molar-refractivity contribution >= 4 is 23.4 Å². The zero-order valence-electron chi connectivity index (χ0n) is 12.8. The molecule has 21 heavy (non-hydrogen) atoms. The Morgan fingerprint density at radius 2 is 1.86 bits per heavy atom. The Bertz CT molecular complexity index is 606. The van der Waals surface area contributed by atoms with Crippen molar-refractivity contribution in [2.45, 2.75) is 49.8 Å². The lowest BCUT2D eigenvalue weighted by atomic mass is 10.1. The fraction of sp³-hybridized carbons (Fsp3) is 0.375. The minimum atomic E-state index is 0.0714. The zero-order valence-corrected chi connectivity index (χ0v) is 14.3. The fourth-order valence-corrected chi connectivity index (χ4v) is 2.76. The van der Waals surface area contributed by atoms with Crippen LogP contribution in [0, 0.1) is 6.92 Å². The quantitative estimate of drug-likeness (QED) is 0.843. The third-order valence-electron chi connectivity index (χ3n) is 2.80. The minimum Gasteiger partial charge on any atom is -0.308 e. The van der Waals surface area contributed by atoms with Crippen molar-refractivity contribution in [2.24, 2.45) is 0 Å². The first kappa shape index (κ1) is 16.3. The second-order valence-corrected chi connectivity index (χ2v) is 7.45. The molecule has 112 valence electrons.